The Kier molecular flexibility index (Phi) is 3.23. The second kappa shape index (κ2) is 5.19. The van der Waals surface area contributed by atoms with Crippen molar-refractivity contribution in [3.8, 4) is 11.5 Å². The lowest BCUT2D eigenvalue weighted by Crippen LogP contribution is -2.45. The van der Waals surface area contributed by atoms with Crippen molar-refractivity contribution in [2.75, 3.05) is 18.6 Å². The SMILES string of the molecule is COc1c(F)cc(C(=O)N2CC3(CC3)Oc3ccccc32)cc1F. The molecule has 1 spiro atoms. The lowest BCUT2D eigenvalue weighted by molar-refractivity contribution is 0.0942. The van der Waals surface area contributed by atoms with Crippen LogP contribution in [0, 0.1) is 11.6 Å². The minimum atomic E-state index is -0.900. The molecule has 0 radical (unpaired) electrons. The van der Waals surface area contributed by atoms with Gasteiger partial charge in [0, 0.05) is 5.56 Å². The number of hydrogen-bond acceptors (Lipinski definition) is 3. The van der Waals surface area contributed by atoms with Gasteiger partial charge in [0.05, 0.1) is 19.3 Å². The van der Waals surface area contributed by atoms with E-state index in [2.05, 4.69) is 4.74 Å². The van der Waals surface area contributed by atoms with Crippen LogP contribution in [0.4, 0.5) is 14.5 Å². The Balaban J connectivity index is 1.75. The van der Waals surface area contributed by atoms with Crippen LogP contribution in [0.25, 0.3) is 0 Å². The maximum atomic E-state index is 13.9. The normalized spacial score (nSPS) is 17.2. The van der Waals surface area contributed by atoms with E-state index in [-0.39, 0.29) is 11.2 Å². The maximum absolute atomic E-state index is 13.9. The quantitative estimate of drug-likeness (QED) is 0.845. The zero-order valence-corrected chi connectivity index (χ0v) is 13.0. The van der Waals surface area contributed by atoms with E-state index in [0.717, 1.165) is 25.0 Å². The largest absolute Gasteiger partial charge is 0.491 e. The van der Waals surface area contributed by atoms with Gasteiger partial charge in [-0.2, -0.15) is 0 Å². The second-order valence-corrected chi connectivity index (χ2v) is 6.12. The van der Waals surface area contributed by atoms with Crippen molar-refractivity contribution in [2.24, 2.45) is 0 Å². The summed E-state index contributed by atoms with van der Waals surface area (Å²) in [7, 11) is 1.18. The van der Waals surface area contributed by atoms with E-state index in [1.165, 1.54) is 12.0 Å². The van der Waals surface area contributed by atoms with Gasteiger partial charge in [-0.15, -0.1) is 0 Å². The van der Waals surface area contributed by atoms with Crippen LogP contribution in [0.3, 0.4) is 0 Å². The molecule has 0 aromatic heterocycles. The first-order valence-electron chi connectivity index (χ1n) is 7.66. The van der Waals surface area contributed by atoms with Crippen LogP contribution >= 0.6 is 0 Å². The number of nitrogens with zero attached hydrogens (tertiary/aromatic N) is 1. The Morgan fingerprint density at radius 3 is 2.50 bits per heavy atom. The summed E-state index contributed by atoms with van der Waals surface area (Å²) in [6.07, 6.45) is 1.72. The summed E-state index contributed by atoms with van der Waals surface area (Å²) in [6.45, 7) is 0.373. The number of benzene rings is 2. The molecule has 2 aromatic carbocycles. The fraction of sp³-hybridized carbons (Fsp3) is 0.278. The molecule has 0 saturated heterocycles. The Bertz CT molecular complexity index is 810. The van der Waals surface area contributed by atoms with Crippen molar-refractivity contribution in [1.82, 2.24) is 0 Å². The van der Waals surface area contributed by atoms with Crippen molar-refractivity contribution in [1.29, 1.82) is 0 Å². The number of halogens is 2. The minimum absolute atomic E-state index is 0.0571. The average Bonchev–Trinajstić information content (AvgIpc) is 3.31. The van der Waals surface area contributed by atoms with E-state index >= 15 is 0 Å². The molecule has 2 aliphatic rings. The van der Waals surface area contributed by atoms with Crippen molar-refractivity contribution in [3.63, 3.8) is 0 Å². The number of hydrogen-bond donors (Lipinski definition) is 0. The highest BCUT2D eigenvalue weighted by atomic mass is 19.1. The van der Waals surface area contributed by atoms with Crippen LogP contribution in [0.5, 0.6) is 11.5 Å². The molecule has 1 aliphatic heterocycles. The van der Waals surface area contributed by atoms with Crippen LogP contribution in [-0.4, -0.2) is 25.2 Å². The third-order valence-electron chi connectivity index (χ3n) is 4.43. The number of methoxy groups -OCH3 is 1. The van der Waals surface area contributed by atoms with Gasteiger partial charge in [-0.25, -0.2) is 8.78 Å². The molecule has 0 N–H and O–H groups in total. The number of anilines is 1. The number of fused-ring (bicyclic) bond motifs is 1. The first-order chi connectivity index (χ1) is 11.5. The Labute approximate surface area is 137 Å². The molecule has 4 rings (SSSR count). The summed E-state index contributed by atoms with van der Waals surface area (Å²) < 4.78 is 38.5. The predicted octanol–water partition coefficient (Wildman–Crippen LogP) is 3.55. The summed E-state index contributed by atoms with van der Waals surface area (Å²) in [5.74, 6) is -2.14. The summed E-state index contributed by atoms with van der Waals surface area (Å²) >= 11 is 0. The molecule has 0 bridgehead atoms. The molecule has 2 aromatic rings. The topological polar surface area (TPSA) is 38.8 Å². The van der Waals surface area contributed by atoms with Crippen molar-refractivity contribution >= 4 is 11.6 Å². The molecule has 1 amide bonds. The zero-order chi connectivity index (χ0) is 16.9. The molecule has 1 heterocycles. The highest BCUT2D eigenvalue weighted by Crippen LogP contribution is 2.48. The number of rotatable bonds is 2. The monoisotopic (exact) mass is 331 g/mol. The van der Waals surface area contributed by atoms with Crippen molar-refractivity contribution < 1.29 is 23.0 Å². The maximum Gasteiger partial charge on any atom is 0.258 e. The molecule has 24 heavy (non-hydrogen) atoms. The van der Waals surface area contributed by atoms with E-state index in [1.807, 2.05) is 6.07 Å². The van der Waals surface area contributed by atoms with Crippen molar-refractivity contribution in [2.45, 2.75) is 18.4 Å². The second-order valence-electron chi connectivity index (χ2n) is 6.12. The van der Waals surface area contributed by atoms with Crippen LogP contribution in [-0.2, 0) is 0 Å². The Morgan fingerprint density at radius 2 is 1.88 bits per heavy atom. The van der Waals surface area contributed by atoms with Gasteiger partial charge in [0.25, 0.3) is 5.91 Å². The highest BCUT2D eigenvalue weighted by Gasteiger charge is 2.51. The average molecular weight is 331 g/mol. The van der Waals surface area contributed by atoms with E-state index in [9.17, 15) is 13.6 Å². The summed E-state index contributed by atoms with van der Waals surface area (Å²) in [5.41, 5.74) is 0.183. The minimum Gasteiger partial charge on any atom is -0.491 e. The summed E-state index contributed by atoms with van der Waals surface area (Å²) in [4.78, 5) is 14.4. The van der Waals surface area contributed by atoms with E-state index in [1.54, 1.807) is 18.2 Å². The molecule has 1 fully saturated rings. The molecule has 4 nitrogen and oxygen atoms in total. The number of amides is 1. The lowest BCUT2D eigenvalue weighted by atomic mass is 10.1. The third-order valence-corrected chi connectivity index (χ3v) is 4.43. The molecule has 6 heteroatoms. The van der Waals surface area contributed by atoms with E-state index in [0.29, 0.717) is 18.0 Å². The van der Waals surface area contributed by atoms with Crippen LogP contribution in [0.2, 0.25) is 0 Å². The van der Waals surface area contributed by atoms with Gasteiger partial charge in [0.15, 0.2) is 17.4 Å². The van der Waals surface area contributed by atoms with Gasteiger partial charge >= 0.3 is 0 Å². The smallest absolute Gasteiger partial charge is 0.258 e. The van der Waals surface area contributed by atoms with Crippen molar-refractivity contribution in [3.05, 3.63) is 53.6 Å². The fourth-order valence-electron chi connectivity index (χ4n) is 3.02. The van der Waals surface area contributed by atoms with Crippen LogP contribution < -0.4 is 14.4 Å². The lowest BCUT2D eigenvalue weighted by Gasteiger charge is -2.35. The Morgan fingerprint density at radius 1 is 1.21 bits per heavy atom. The Hall–Kier alpha value is -2.63. The van der Waals surface area contributed by atoms with E-state index < -0.39 is 23.3 Å². The van der Waals surface area contributed by atoms with Crippen LogP contribution in [0.1, 0.15) is 23.2 Å². The summed E-state index contributed by atoms with van der Waals surface area (Å²) in [5, 5.41) is 0. The standard InChI is InChI=1S/C18H15F2NO3/c1-23-16-12(19)8-11(9-13(16)20)17(22)21-10-18(6-7-18)24-15-5-3-2-4-14(15)21/h2-5,8-9H,6-7,10H2,1H3. The molecule has 1 saturated carbocycles. The predicted molar refractivity (Wildman–Crippen MR) is 83.6 cm³/mol. The van der Waals surface area contributed by atoms with Gasteiger partial charge in [-0.1, -0.05) is 12.1 Å². The van der Waals surface area contributed by atoms with Gasteiger partial charge < -0.3 is 14.4 Å². The van der Waals surface area contributed by atoms with E-state index in [4.69, 9.17) is 4.74 Å². The first kappa shape index (κ1) is 14.9. The molecule has 124 valence electrons. The molecular formula is C18H15F2NO3. The van der Waals surface area contributed by atoms with Gasteiger partial charge in [-0.3, -0.25) is 4.79 Å². The van der Waals surface area contributed by atoms with Crippen LogP contribution in [0.15, 0.2) is 36.4 Å². The molecule has 1 aliphatic carbocycles. The molecular weight excluding hydrogens is 316 g/mol. The first-order valence-corrected chi connectivity index (χ1v) is 7.66. The van der Waals surface area contributed by atoms with Gasteiger partial charge in [0.1, 0.15) is 11.4 Å². The zero-order valence-electron chi connectivity index (χ0n) is 13.0. The number of carbonyl (C=O) groups is 1. The molecule has 0 unspecified atom stereocenters. The fourth-order valence-corrected chi connectivity index (χ4v) is 3.02. The number of para-hydroxylation sites is 2. The highest BCUT2D eigenvalue weighted by molar-refractivity contribution is 6.07. The molecule has 0 atom stereocenters. The van der Waals surface area contributed by atoms with Gasteiger partial charge in [0.2, 0.25) is 0 Å². The van der Waals surface area contributed by atoms with Gasteiger partial charge in [-0.05, 0) is 37.1 Å². The third kappa shape index (κ3) is 2.29. The number of carbonyl (C=O) groups excluding carboxylic acids is 1. The number of ether oxygens (including phenoxy) is 2. The summed E-state index contributed by atoms with van der Waals surface area (Å²) in [6, 6.07) is 9.19.